The molecule has 0 heterocycles. The SMILES string of the molecule is CCOC(=O)Oc1c2ccccc2c(OC(=O)OCC)c2cc(C)c(C)cc12. The highest BCUT2D eigenvalue weighted by atomic mass is 16.7. The Kier molecular flexibility index (Phi) is 5.68. The zero-order valence-electron chi connectivity index (χ0n) is 16.3. The van der Waals surface area contributed by atoms with Crippen LogP contribution in [0.5, 0.6) is 11.5 Å². The fourth-order valence-corrected chi connectivity index (χ4v) is 3.04. The van der Waals surface area contributed by atoms with Gasteiger partial charge in [-0.2, -0.15) is 0 Å². The Labute approximate surface area is 162 Å². The average molecular weight is 382 g/mol. The maximum atomic E-state index is 12.0. The molecule has 0 N–H and O–H groups in total. The molecule has 0 aliphatic heterocycles. The Morgan fingerprint density at radius 1 is 0.714 bits per heavy atom. The smallest absolute Gasteiger partial charge is 0.434 e. The second-order valence-corrected chi connectivity index (χ2v) is 6.26. The molecule has 0 aliphatic rings. The van der Waals surface area contributed by atoms with Gasteiger partial charge >= 0.3 is 12.3 Å². The van der Waals surface area contributed by atoms with Gasteiger partial charge in [-0.05, 0) is 51.0 Å². The van der Waals surface area contributed by atoms with E-state index in [-0.39, 0.29) is 13.2 Å². The van der Waals surface area contributed by atoms with Gasteiger partial charge < -0.3 is 18.9 Å². The van der Waals surface area contributed by atoms with Crippen molar-refractivity contribution in [2.75, 3.05) is 13.2 Å². The van der Waals surface area contributed by atoms with E-state index in [0.717, 1.165) is 11.1 Å². The third-order valence-electron chi connectivity index (χ3n) is 4.43. The van der Waals surface area contributed by atoms with Crippen molar-refractivity contribution in [3.8, 4) is 11.5 Å². The molecule has 3 aromatic carbocycles. The van der Waals surface area contributed by atoms with Gasteiger partial charge in [-0.15, -0.1) is 0 Å². The van der Waals surface area contributed by atoms with E-state index in [2.05, 4.69) is 0 Å². The molecule has 3 aromatic rings. The quantitative estimate of drug-likeness (QED) is 0.328. The van der Waals surface area contributed by atoms with Crippen molar-refractivity contribution in [3.63, 3.8) is 0 Å². The molecule has 6 heteroatoms. The molecule has 6 nitrogen and oxygen atoms in total. The van der Waals surface area contributed by atoms with Crippen molar-refractivity contribution in [3.05, 3.63) is 47.5 Å². The molecule has 0 amide bonds. The van der Waals surface area contributed by atoms with Gasteiger partial charge in [0.2, 0.25) is 0 Å². The van der Waals surface area contributed by atoms with Crippen LogP contribution in [0.4, 0.5) is 9.59 Å². The average Bonchev–Trinajstić information content (AvgIpc) is 2.66. The molecule has 0 saturated heterocycles. The van der Waals surface area contributed by atoms with Gasteiger partial charge in [0.25, 0.3) is 0 Å². The molecule has 0 bridgehead atoms. The van der Waals surface area contributed by atoms with Crippen LogP contribution < -0.4 is 9.47 Å². The summed E-state index contributed by atoms with van der Waals surface area (Å²) in [5.41, 5.74) is 2.03. The molecule has 28 heavy (non-hydrogen) atoms. The number of hydrogen-bond acceptors (Lipinski definition) is 6. The van der Waals surface area contributed by atoms with Crippen molar-refractivity contribution < 1.29 is 28.5 Å². The molecule has 0 atom stereocenters. The summed E-state index contributed by atoms with van der Waals surface area (Å²) >= 11 is 0. The molecule has 0 aromatic heterocycles. The van der Waals surface area contributed by atoms with E-state index in [0.29, 0.717) is 33.0 Å². The number of carbonyl (C=O) groups excluding carboxylic acids is 2. The van der Waals surface area contributed by atoms with Gasteiger partial charge in [-0.1, -0.05) is 24.3 Å². The number of rotatable bonds is 4. The molecule has 0 radical (unpaired) electrons. The molecule has 0 aliphatic carbocycles. The third kappa shape index (κ3) is 3.71. The van der Waals surface area contributed by atoms with E-state index in [4.69, 9.17) is 18.9 Å². The molecule has 0 fully saturated rings. The zero-order valence-corrected chi connectivity index (χ0v) is 16.3. The first-order valence-electron chi connectivity index (χ1n) is 9.11. The van der Waals surface area contributed by atoms with Crippen molar-refractivity contribution in [1.29, 1.82) is 0 Å². The lowest BCUT2D eigenvalue weighted by Gasteiger charge is -2.17. The maximum Gasteiger partial charge on any atom is 0.513 e. The minimum atomic E-state index is -0.786. The highest BCUT2D eigenvalue weighted by Gasteiger charge is 2.21. The van der Waals surface area contributed by atoms with Gasteiger partial charge in [0.15, 0.2) is 0 Å². The van der Waals surface area contributed by atoms with Gasteiger partial charge in [-0.25, -0.2) is 9.59 Å². The fourth-order valence-electron chi connectivity index (χ4n) is 3.04. The van der Waals surface area contributed by atoms with Crippen molar-refractivity contribution in [1.82, 2.24) is 0 Å². The Morgan fingerprint density at radius 3 is 1.46 bits per heavy atom. The Morgan fingerprint density at radius 2 is 1.11 bits per heavy atom. The van der Waals surface area contributed by atoms with Crippen molar-refractivity contribution in [2.24, 2.45) is 0 Å². The van der Waals surface area contributed by atoms with Gasteiger partial charge in [0.05, 0.1) is 13.2 Å². The second-order valence-electron chi connectivity index (χ2n) is 6.26. The van der Waals surface area contributed by atoms with E-state index < -0.39 is 12.3 Å². The standard InChI is InChI=1S/C22H22O6/c1-5-25-21(23)27-19-15-9-7-8-10-16(15)20(28-22(24)26-6-2)18-12-14(4)13(3)11-17(18)19/h7-12H,5-6H2,1-4H3. The van der Waals surface area contributed by atoms with Gasteiger partial charge in [0, 0.05) is 21.5 Å². The van der Waals surface area contributed by atoms with Gasteiger partial charge in [-0.3, -0.25) is 0 Å². The van der Waals surface area contributed by atoms with Crippen LogP contribution in [-0.4, -0.2) is 25.5 Å². The van der Waals surface area contributed by atoms with Crippen LogP contribution >= 0.6 is 0 Å². The molecule has 0 unspecified atom stereocenters. The number of aryl methyl sites for hydroxylation is 2. The van der Waals surface area contributed by atoms with Crippen LogP contribution in [0.25, 0.3) is 21.5 Å². The Balaban J connectivity index is 2.34. The van der Waals surface area contributed by atoms with E-state index >= 15 is 0 Å². The summed E-state index contributed by atoms with van der Waals surface area (Å²) in [6.45, 7) is 7.75. The highest BCUT2D eigenvalue weighted by molar-refractivity contribution is 6.12. The first kappa shape index (κ1) is 19.5. The van der Waals surface area contributed by atoms with Crippen LogP contribution in [0.2, 0.25) is 0 Å². The number of carbonyl (C=O) groups is 2. The summed E-state index contributed by atoms with van der Waals surface area (Å²) in [4.78, 5) is 24.1. The Hall–Kier alpha value is -3.28. The maximum absolute atomic E-state index is 12.0. The fraction of sp³-hybridized carbons (Fsp3) is 0.273. The van der Waals surface area contributed by atoms with Gasteiger partial charge in [0.1, 0.15) is 11.5 Å². The lowest BCUT2D eigenvalue weighted by molar-refractivity contribution is 0.103. The number of fused-ring (bicyclic) bond motifs is 2. The van der Waals surface area contributed by atoms with Crippen LogP contribution in [-0.2, 0) is 9.47 Å². The number of hydrogen-bond donors (Lipinski definition) is 0. The second kappa shape index (κ2) is 8.17. The van der Waals surface area contributed by atoms with Crippen molar-refractivity contribution >= 4 is 33.9 Å². The molecule has 3 rings (SSSR count). The molecule has 146 valence electrons. The monoisotopic (exact) mass is 382 g/mol. The first-order chi connectivity index (χ1) is 13.5. The third-order valence-corrected chi connectivity index (χ3v) is 4.43. The normalized spacial score (nSPS) is 10.7. The summed E-state index contributed by atoms with van der Waals surface area (Å²) in [6.07, 6.45) is -1.57. The van der Waals surface area contributed by atoms with Crippen LogP contribution in [0, 0.1) is 13.8 Å². The Bertz CT molecular complexity index is 970. The molecular weight excluding hydrogens is 360 g/mol. The van der Waals surface area contributed by atoms with Crippen LogP contribution in [0.1, 0.15) is 25.0 Å². The van der Waals surface area contributed by atoms with Crippen molar-refractivity contribution in [2.45, 2.75) is 27.7 Å². The minimum absolute atomic E-state index is 0.205. The number of benzene rings is 3. The molecular formula is C22H22O6. The van der Waals surface area contributed by atoms with E-state index in [9.17, 15) is 9.59 Å². The predicted octanol–water partition coefficient (Wildman–Crippen LogP) is 5.68. The molecule has 0 spiro atoms. The van der Waals surface area contributed by atoms with E-state index in [1.54, 1.807) is 26.0 Å². The lowest BCUT2D eigenvalue weighted by Crippen LogP contribution is -2.13. The van der Waals surface area contributed by atoms with Crippen LogP contribution in [0.3, 0.4) is 0 Å². The summed E-state index contributed by atoms with van der Waals surface area (Å²) < 4.78 is 21.0. The first-order valence-corrected chi connectivity index (χ1v) is 9.11. The van der Waals surface area contributed by atoms with E-state index in [1.807, 2.05) is 38.1 Å². The zero-order chi connectivity index (χ0) is 20.3. The highest BCUT2D eigenvalue weighted by Crippen LogP contribution is 2.44. The topological polar surface area (TPSA) is 71.1 Å². The summed E-state index contributed by atoms with van der Waals surface area (Å²) in [5.74, 6) is 0.728. The lowest BCUT2D eigenvalue weighted by atomic mass is 9.96. The predicted molar refractivity (Wildman–Crippen MR) is 106 cm³/mol. The largest absolute Gasteiger partial charge is 0.513 e. The number of ether oxygens (including phenoxy) is 4. The summed E-state index contributed by atoms with van der Waals surface area (Å²) in [5, 5.41) is 2.56. The summed E-state index contributed by atoms with van der Waals surface area (Å²) in [6, 6.07) is 11.1. The minimum Gasteiger partial charge on any atom is -0.434 e. The van der Waals surface area contributed by atoms with Crippen LogP contribution in [0.15, 0.2) is 36.4 Å². The molecule has 0 saturated carbocycles. The summed E-state index contributed by atoms with van der Waals surface area (Å²) in [7, 11) is 0. The van der Waals surface area contributed by atoms with E-state index in [1.165, 1.54) is 0 Å².